The van der Waals surface area contributed by atoms with E-state index in [1.54, 1.807) is 29.7 Å². The van der Waals surface area contributed by atoms with E-state index < -0.39 is 23.5 Å². The zero-order valence-corrected chi connectivity index (χ0v) is 24.4. The predicted octanol–water partition coefficient (Wildman–Crippen LogP) is 1.20. The first-order valence-corrected chi connectivity index (χ1v) is 14.2. The molecule has 4 amide bonds. The van der Waals surface area contributed by atoms with Crippen molar-refractivity contribution in [2.75, 3.05) is 33.2 Å². The Labute approximate surface area is 240 Å². The number of ether oxygens (including phenoxy) is 1. The molecular weight excluding hydrogens is 524 g/mol. The molecule has 1 aromatic carbocycles. The van der Waals surface area contributed by atoms with Crippen molar-refractivity contribution in [3.8, 4) is 0 Å². The van der Waals surface area contributed by atoms with E-state index in [9.17, 15) is 19.2 Å². The van der Waals surface area contributed by atoms with Crippen molar-refractivity contribution in [3.05, 3.63) is 53.9 Å². The molecule has 41 heavy (non-hydrogen) atoms. The summed E-state index contributed by atoms with van der Waals surface area (Å²) in [7, 11) is 3.26. The molecule has 2 saturated heterocycles. The molecule has 11 nitrogen and oxygen atoms in total. The van der Waals surface area contributed by atoms with E-state index in [2.05, 4.69) is 29.6 Å². The highest BCUT2D eigenvalue weighted by atomic mass is 16.5. The van der Waals surface area contributed by atoms with Crippen LogP contribution in [0.3, 0.4) is 0 Å². The second kappa shape index (κ2) is 10.9. The topological polar surface area (TPSA) is 126 Å². The molecule has 1 aromatic heterocycles. The van der Waals surface area contributed by atoms with Crippen molar-refractivity contribution in [1.29, 1.82) is 0 Å². The van der Waals surface area contributed by atoms with Gasteiger partial charge in [-0.15, -0.1) is 0 Å². The highest BCUT2D eigenvalue weighted by Gasteiger charge is 2.62. The van der Waals surface area contributed by atoms with Crippen LogP contribution in [-0.2, 0) is 32.8 Å². The minimum Gasteiger partial charge on any atom is -0.371 e. The Morgan fingerprint density at radius 2 is 1.73 bits per heavy atom. The number of hydrogen-bond acceptors (Lipinski definition) is 6. The van der Waals surface area contributed by atoms with Gasteiger partial charge in [-0.05, 0) is 24.3 Å². The standard InChI is InChI=1S/C30H40N6O5/c1-19(41-15-20-9-7-6-8-10-20)24(26(38)31-4)33-25(37)23-14-35(27(39)21-12-32-34(5)13-21)16-30(23)17-36(18-30)28(40)22-11-29(22,2)3/h6-10,12-13,19,22-24H,11,14-18H2,1-5H3,(H,31,38)(H,33,37)/t19-,22-,23+,24+/m1/s1. The van der Waals surface area contributed by atoms with Crippen molar-refractivity contribution in [2.24, 2.45) is 29.7 Å². The predicted molar refractivity (Wildman–Crippen MR) is 150 cm³/mol. The lowest BCUT2D eigenvalue weighted by Gasteiger charge is -2.50. The first kappa shape index (κ1) is 28.8. The summed E-state index contributed by atoms with van der Waals surface area (Å²) in [5, 5.41) is 9.67. The molecule has 0 unspecified atom stereocenters. The van der Waals surface area contributed by atoms with Crippen LogP contribution in [0, 0.1) is 22.7 Å². The van der Waals surface area contributed by atoms with E-state index in [0.29, 0.717) is 31.8 Å². The number of nitrogens with one attached hydrogen (secondary N) is 2. The number of amides is 4. The fourth-order valence-electron chi connectivity index (χ4n) is 6.20. The highest BCUT2D eigenvalue weighted by molar-refractivity contribution is 5.95. The molecule has 2 N–H and O–H groups in total. The third kappa shape index (κ3) is 5.72. The Morgan fingerprint density at radius 1 is 1.07 bits per heavy atom. The van der Waals surface area contributed by atoms with Gasteiger partial charge in [0, 0.05) is 57.8 Å². The number of carbonyl (C=O) groups is 4. The molecule has 3 heterocycles. The van der Waals surface area contributed by atoms with Crippen LogP contribution in [0.15, 0.2) is 42.7 Å². The normalized spacial score (nSPS) is 23.4. The summed E-state index contributed by atoms with van der Waals surface area (Å²) in [4.78, 5) is 56.7. The number of benzene rings is 1. The molecule has 5 rings (SSSR count). The number of nitrogens with zero attached hydrogens (tertiary/aromatic N) is 4. The molecule has 220 valence electrons. The molecule has 0 radical (unpaired) electrons. The van der Waals surface area contributed by atoms with Crippen LogP contribution in [-0.4, -0.2) is 88.6 Å². The lowest BCUT2D eigenvalue weighted by Crippen LogP contribution is -2.65. The first-order chi connectivity index (χ1) is 19.4. The fraction of sp³-hybridized carbons (Fsp3) is 0.567. The molecule has 2 aromatic rings. The van der Waals surface area contributed by atoms with Crippen LogP contribution < -0.4 is 10.6 Å². The maximum atomic E-state index is 13.9. The maximum Gasteiger partial charge on any atom is 0.257 e. The van der Waals surface area contributed by atoms with Crippen molar-refractivity contribution in [2.45, 2.75) is 45.9 Å². The average molecular weight is 565 g/mol. The van der Waals surface area contributed by atoms with Crippen molar-refractivity contribution in [3.63, 3.8) is 0 Å². The van der Waals surface area contributed by atoms with Crippen LogP contribution in [0.2, 0.25) is 0 Å². The minimum absolute atomic E-state index is 0.00176. The first-order valence-electron chi connectivity index (χ1n) is 14.2. The van der Waals surface area contributed by atoms with Gasteiger partial charge in [-0.25, -0.2) is 0 Å². The molecule has 4 atom stereocenters. The van der Waals surface area contributed by atoms with Crippen LogP contribution in [0.1, 0.15) is 43.1 Å². The molecule has 3 fully saturated rings. The van der Waals surface area contributed by atoms with Gasteiger partial charge in [-0.1, -0.05) is 44.2 Å². The van der Waals surface area contributed by atoms with E-state index in [-0.39, 0.29) is 41.5 Å². The zero-order valence-electron chi connectivity index (χ0n) is 24.4. The number of aryl methyl sites for hydroxylation is 1. The van der Waals surface area contributed by atoms with Crippen LogP contribution >= 0.6 is 0 Å². The molecule has 1 saturated carbocycles. The second-order valence-electron chi connectivity index (χ2n) is 12.5. The Kier molecular flexibility index (Phi) is 7.67. The number of carbonyl (C=O) groups excluding carboxylic acids is 4. The number of likely N-dealkylation sites (N-methyl/N-ethyl adjacent to an activating group) is 1. The van der Waals surface area contributed by atoms with Crippen LogP contribution in [0.4, 0.5) is 0 Å². The zero-order chi connectivity index (χ0) is 29.5. The van der Waals surface area contributed by atoms with Gasteiger partial charge < -0.3 is 25.2 Å². The van der Waals surface area contributed by atoms with Crippen molar-refractivity contribution >= 4 is 23.6 Å². The highest BCUT2D eigenvalue weighted by Crippen LogP contribution is 2.54. The van der Waals surface area contributed by atoms with E-state index in [4.69, 9.17) is 4.74 Å². The lowest BCUT2D eigenvalue weighted by atomic mass is 9.70. The van der Waals surface area contributed by atoms with Gasteiger partial charge >= 0.3 is 0 Å². The summed E-state index contributed by atoms with van der Waals surface area (Å²) >= 11 is 0. The minimum atomic E-state index is -0.929. The molecule has 11 heteroatoms. The van der Waals surface area contributed by atoms with Gasteiger partial charge in [0.15, 0.2) is 0 Å². The van der Waals surface area contributed by atoms with Crippen LogP contribution in [0.5, 0.6) is 0 Å². The number of rotatable bonds is 9. The van der Waals surface area contributed by atoms with E-state index in [0.717, 1.165) is 12.0 Å². The third-order valence-electron chi connectivity index (χ3n) is 8.99. The number of hydrogen-bond donors (Lipinski definition) is 2. The molecular formula is C30H40N6O5. The largest absolute Gasteiger partial charge is 0.371 e. The Morgan fingerprint density at radius 3 is 2.32 bits per heavy atom. The summed E-state index contributed by atoms with van der Waals surface area (Å²) < 4.78 is 7.55. The Balaban J connectivity index is 1.32. The molecule has 3 aliphatic rings. The SMILES string of the molecule is CNC(=O)[C@@H](NC(=O)[C@@H]1CN(C(=O)c2cnn(C)c2)CC12CN(C(=O)[C@H]1CC1(C)C)C2)[C@@H](C)OCc1ccccc1. The molecule has 2 aliphatic heterocycles. The smallest absolute Gasteiger partial charge is 0.257 e. The Hall–Kier alpha value is -3.73. The lowest BCUT2D eigenvalue weighted by molar-refractivity contribution is -0.152. The van der Waals surface area contributed by atoms with Gasteiger partial charge in [0.05, 0.1) is 30.4 Å². The van der Waals surface area contributed by atoms with E-state index >= 15 is 0 Å². The average Bonchev–Trinajstić information content (AvgIpc) is 3.24. The van der Waals surface area contributed by atoms with Gasteiger partial charge in [0.2, 0.25) is 17.7 Å². The Bertz CT molecular complexity index is 1320. The molecule has 1 aliphatic carbocycles. The summed E-state index contributed by atoms with van der Waals surface area (Å²) in [5.41, 5.74) is 0.823. The van der Waals surface area contributed by atoms with Gasteiger partial charge in [0.1, 0.15) is 6.04 Å². The maximum absolute atomic E-state index is 13.9. The van der Waals surface area contributed by atoms with Crippen LogP contribution in [0.25, 0.3) is 0 Å². The van der Waals surface area contributed by atoms with Gasteiger partial charge in [-0.3, -0.25) is 23.9 Å². The van der Waals surface area contributed by atoms with Gasteiger partial charge in [-0.2, -0.15) is 5.10 Å². The fourth-order valence-corrected chi connectivity index (χ4v) is 6.20. The van der Waals surface area contributed by atoms with Crippen molar-refractivity contribution in [1.82, 2.24) is 30.2 Å². The quantitative estimate of drug-likeness (QED) is 0.472. The van der Waals surface area contributed by atoms with Gasteiger partial charge in [0.25, 0.3) is 5.91 Å². The molecule has 0 bridgehead atoms. The van der Waals surface area contributed by atoms with Crippen molar-refractivity contribution < 1.29 is 23.9 Å². The van der Waals surface area contributed by atoms with E-state index in [1.807, 2.05) is 35.2 Å². The molecule has 1 spiro atoms. The number of likely N-dealkylation sites (tertiary alicyclic amines) is 2. The summed E-state index contributed by atoms with van der Waals surface area (Å²) in [5.74, 6) is -1.37. The second-order valence-corrected chi connectivity index (χ2v) is 12.5. The summed E-state index contributed by atoms with van der Waals surface area (Å²) in [6.07, 6.45) is 3.42. The summed E-state index contributed by atoms with van der Waals surface area (Å²) in [6.45, 7) is 7.57. The third-order valence-corrected chi connectivity index (χ3v) is 8.99. The number of aromatic nitrogens is 2. The monoisotopic (exact) mass is 564 g/mol. The van der Waals surface area contributed by atoms with E-state index in [1.165, 1.54) is 13.2 Å². The summed E-state index contributed by atoms with van der Waals surface area (Å²) in [6, 6.07) is 8.68.